The van der Waals surface area contributed by atoms with Crippen molar-refractivity contribution >= 4 is 11.5 Å². The Bertz CT molecular complexity index is 398. The highest BCUT2D eigenvalue weighted by molar-refractivity contribution is 6.00. The molecule has 0 aliphatic heterocycles. The van der Waals surface area contributed by atoms with Gasteiger partial charge in [0, 0.05) is 24.8 Å². The van der Waals surface area contributed by atoms with E-state index in [9.17, 15) is 0 Å². The number of nitrogens with zero attached hydrogens (tertiary/aromatic N) is 2. The molecule has 1 aromatic heterocycles. The highest BCUT2D eigenvalue weighted by Crippen LogP contribution is 2.32. The summed E-state index contributed by atoms with van der Waals surface area (Å²) >= 11 is 0. The lowest BCUT2D eigenvalue weighted by Crippen LogP contribution is -2.29. The number of hydrogen-bond donors (Lipinski definition) is 2. The van der Waals surface area contributed by atoms with Crippen LogP contribution < -0.4 is 10.6 Å². The van der Waals surface area contributed by atoms with Gasteiger partial charge < -0.3 is 10.6 Å². The van der Waals surface area contributed by atoms with Crippen LogP contribution in [0, 0.1) is 11.3 Å². The number of rotatable bonds is 6. The summed E-state index contributed by atoms with van der Waals surface area (Å²) in [4.78, 5) is 6.49. The van der Waals surface area contributed by atoms with Crippen LogP contribution in [-0.4, -0.2) is 23.9 Å². The minimum absolute atomic E-state index is 0.124. The Morgan fingerprint density at radius 2 is 2.35 bits per heavy atom. The molecule has 3 N–H and O–H groups in total. The second-order valence-corrected chi connectivity index (χ2v) is 4.70. The number of pyridine rings is 1. The van der Waals surface area contributed by atoms with Gasteiger partial charge in [0.25, 0.3) is 0 Å². The Morgan fingerprint density at radius 1 is 1.59 bits per heavy atom. The summed E-state index contributed by atoms with van der Waals surface area (Å²) in [5, 5.41) is 7.62. The molecule has 0 atom stereocenters. The predicted octanol–water partition coefficient (Wildman–Crippen LogP) is 1.99. The van der Waals surface area contributed by atoms with E-state index in [0.29, 0.717) is 0 Å². The second-order valence-electron chi connectivity index (χ2n) is 4.70. The Hall–Kier alpha value is -1.58. The van der Waals surface area contributed by atoms with Gasteiger partial charge in [-0.05, 0) is 31.2 Å². The highest BCUT2D eigenvalue weighted by Gasteiger charge is 2.25. The van der Waals surface area contributed by atoms with Gasteiger partial charge in [0.15, 0.2) is 0 Å². The van der Waals surface area contributed by atoms with Crippen molar-refractivity contribution in [2.75, 3.05) is 18.0 Å². The lowest BCUT2D eigenvalue weighted by atomic mass is 10.1. The molecule has 0 amide bonds. The van der Waals surface area contributed by atoms with Gasteiger partial charge in [0.1, 0.15) is 5.84 Å². The number of nitrogen functional groups attached to an aromatic ring is 1. The second kappa shape index (κ2) is 5.17. The summed E-state index contributed by atoms with van der Waals surface area (Å²) < 4.78 is 0. The average molecular weight is 232 g/mol. The van der Waals surface area contributed by atoms with E-state index in [4.69, 9.17) is 11.1 Å². The first-order valence-electron chi connectivity index (χ1n) is 6.25. The Kier molecular flexibility index (Phi) is 3.61. The lowest BCUT2D eigenvalue weighted by Gasteiger charge is -2.26. The van der Waals surface area contributed by atoms with Crippen LogP contribution in [0.2, 0.25) is 0 Å². The van der Waals surface area contributed by atoms with E-state index >= 15 is 0 Å². The molecule has 4 nitrogen and oxygen atoms in total. The molecule has 1 aliphatic rings. The molecule has 0 saturated heterocycles. The van der Waals surface area contributed by atoms with Crippen molar-refractivity contribution < 1.29 is 0 Å². The van der Waals surface area contributed by atoms with Crippen molar-refractivity contribution in [1.82, 2.24) is 4.98 Å². The Morgan fingerprint density at radius 3 is 2.94 bits per heavy atom. The molecule has 1 aliphatic carbocycles. The van der Waals surface area contributed by atoms with E-state index in [1.165, 1.54) is 12.8 Å². The topological polar surface area (TPSA) is 66.0 Å². The summed E-state index contributed by atoms with van der Waals surface area (Å²) in [6.07, 6.45) is 7.28. The number of hydrogen-bond acceptors (Lipinski definition) is 3. The third kappa shape index (κ3) is 2.96. The summed E-state index contributed by atoms with van der Waals surface area (Å²) in [7, 11) is 0. The van der Waals surface area contributed by atoms with E-state index in [0.717, 1.165) is 36.7 Å². The number of anilines is 1. The van der Waals surface area contributed by atoms with E-state index in [1.54, 1.807) is 6.20 Å². The summed E-state index contributed by atoms with van der Waals surface area (Å²) in [6, 6.07) is 1.83. The van der Waals surface area contributed by atoms with Crippen molar-refractivity contribution in [3.05, 3.63) is 24.0 Å². The summed E-state index contributed by atoms with van der Waals surface area (Å²) in [6.45, 7) is 4.24. The van der Waals surface area contributed by atoms with Crippen LogP contribution in [0.1, 0.15) is 31.7 Å². The molecule has 1 fully saturated rings. The molecule has 0 aromatic carbocycles. The van der Waals surface area contributed by atoms with Crippen molar-refractivity contribution in [1.29, 1.82) is 5.41 Å². The molecule has 1 saturated carbocycles. The molecule has 4 heteroatoms. The fraction of sp³-hybridized carbons (Fsp3) is 0.538. The van der Waals surface area contributed by atoms with Crippen molar-refractivity contribution in [2.24, 2.45) is 11.7 Å². The third-order valence-corrected chi connectivity index (χ3v) is 3.10. The first kappa shape index (κ1) is 11.9. The first-order valence-corrected chi connectivity index (χ1v) is 6.25. The molecular weight excluding hydrogens is 212 g/mol. The van der Waals surface area contributed by atoms with Crippen LogP contribution >= 0.6 is 0 Å². The molecule has 1 heterocycles. The normalized spacial score (nSPS) is 14.6. The molecule has 0 radical (unpaired) electrons. The third-order valence-electron chi connectivity index (χ3n) is 3.10. The smallest absolute Gasteiger partial charge is 0.125 e. The Labute approximate surface area is 102 Å². The van der Waals surface area contributed by atoms with E-state index in [-0.39, 0.29) is 5.84 Å². The van der Waals surface area contributed by atoms with Gasteiger partial charge in [-0.3, -0.25) is 10.4 Å². The van der Waals surface area contributed by atoms with Crippen LogP contribution in [0.25, 0.3) is 0 Å². The molecule has 1 aromatic rings. The predicted molar refractivity (Wildman–Crippen MR) is 70.5 cm³/mol. The van der Waals surface area contributed by atoms with E-state index < -0.39 is 0 Å². The van der Waals surface area contributed by atoms with Crippen LogP contribution in [0.5, 0.6) is 0 Å². The fourth-order valence-electron chi connectivity index (χ4n) is 2.06. The van der Waals surface area contributed by atoms with Crippen molar-refractivity contribution in [3.8, 4) is 0 Å². The minimum Gasteiger partial charge on any atom is -0.384 e. The van der Waals surface area contributed by atoms with Crippen LogP contribution in [0.3, 0.4) is 0 Å². The van der Waals surface area contributed by atoms with Crippen molar-refractivity contribution in [2.45, 2.75) is 26.2 Å². The zero-order valence-corrected chi connectivity index (χ0v) is 10.3. The van der Waals surface area contributed by atoms with Crippen LogP contribution in [0.15, 0.2) is 18.5 Å². The quantitative estimate of drug-likeness (QED) is 0.582. The maximum Gasteiger partial charge on any atom is 0.125 e. The summed E-state index contributed by atoms with van der Waals surface area (Å²) in [5.74, 6) is 0.945. The van der Waals surface area contributed by atoms with Crippen molar-refractivity contribution in [3.63, 3.8) is 0 Å². The first-order chi connectivity index (χ1) is 8.22. The number of aromatic nitrogens is 1. The largest absolute Gasteiger partial charge is 0.384 e. The SMILES string of the molecule is CCCN(CC1CC1)c1cnccc1C(=N)N. The minimum atomic E-state index is 0.124. The van der Waals surface area contributed by atoms with Gasteiger partial charge in [0.05, 0.1) is 11.9 Å². The maximum atomic E-state index is 7.62. The van der Waals surface area contributed by atoms with Gasteiger partial charge in [-0.25, -0.2) is 0 Å². The zero-order chi connectivity index (χ0) is 12.3. The highest BCUT2D eigenvalue weighted by atomic mass is 15.1. The van der Waals surface area contributed by atoms with Gasteiger partial charge in [-0.1, -0.05) is 6.92 Å². The van der Waals surface area contributed by atoms with E-state index in [1.807, 2.05) is 12.3 Å². The number of amidine groups is 1. The standard InChI is InChI=1S/C13H20N4/c1-2-7-17(9-10-3-4-10)12-8-16-6-5-11(12)13(14)15/h5-6,8,10H,2-4,7,9H2,1H3,(H3,14,15). The zero-order valence-electron chi connectivity index (χ0n) is 10.3. The molecule has 0 spiro atoms. The van der Waals surface area contributed by atoms with Gasteiger partial charge >= 0.3 is 0 Å². The molecule has 92 valence electrons. The van der Waals surface area contributed by atoms with Gasteiger partial charge in [0.2, 0.25) is 0 Å². The van der Waals surface area contributed by atoms with Gasteiger partial charge in [-0.15, -0.1) is 0 Å². The molecule has 0 bridgehead atoms. The molecule has 2 rings (SSSR count). The molecule has 17 heavy (non-hydrogen) atoms. The number of nitrogens with two attached hydrogens (primary N) is 1. The molecule has 0 unspecified atom stereocenters. The fourth-order valence-corrected chi connectivity index (χ4v) is 2.06. The summed E-state index contributed by atoms with van der Waals surface area (Å²) in [5.41, 5.74) is 7.43. The molecular formula is C13H20N4. The number of nitrogens with one attached hydrogen (secondary N) is 1. The average Bonchev–Trinajstić information content (AvgIpc) is 3.12. The lowest BCUT2D eigenvalue weighted by molar-refractivity contribution is 0.706. The van der Waals surface area contributed by atoms with Crippen LogP contribution in [0.4, 0.5) is 5.69 Å². The monoisotopic (exact) mass is 232 g/mol. The Balaban J connectivity index is 2.23. The van der Waals surface area contributed by atoms with Crippen LogP contribution in [-0.2, 0) is 0 Å². The van der Waals surface area contributed by atoms with Gasteiger partial charge in [-0.2, -0.15) is 0 Å². The maximum absolute atomic E-state index is 7.62. The van der Waals surface area contributed by atoms with E-state index in [2.05, 4.69) is 16.8 Å².